The van der Waals surface area contributed by atoms with Crippen molar-refractivity contribution < 1.29 is 8.83 Å². The van der Waals surface area contributed by atoms with Gasteiger partial charge in [-0.3, -0.25) is 0 Å². The minimum atomic E-state index is 0.852. The topological polar surface area (TPSA) is 29.5 Å². The standard InChI is InChI=1S/C55H35NO2/c1-3-13-35(14-4-1)36-25-29-40(30-26-36)56(48-22-11-21-44-42-18-8-7-17-39(42)33-46(44)48)41-31-27-37(28-32-41)43-20-12-24-50-53(43)47-34-51-54(45-19-9-10-23-49(45)57-51)52(55(47)58-50)38-15-5-2-6-16-38/h1-32,34H,33H2. The van der Waals surface area contributed by atoms with Crippen molar-refractivity contribution >= 4 is 60.9 Å². The zero-order valence-corrected chi connectivity index (χ0v) is 31.5. The first kappa shape index (κ1) is 32.6. The van der Waals surface area contributed by atoms with Crippen molar-refractivity contribution in [1.29, 1.82) is 0 Å². The van der Waals surface area contributed by atoms with Crippen LogP contribution < -0.4 is 4.90 Å². The van der Waals surface area contributed by atoms with Crippen molar-refractivity contribution in [2.75, 3.05) is 4.90 Å². The molecule has 0 amide bonds. The van der Waals surface area contributed by atoms with Gasteiger partial charge in [-0.05, 0) is 98.6 Å². The number of rotatable bonds is 6. The van der Waals surface area contributed by atoms with Gasteiger partial charge in [-0.2, -0.15) is 0 Å². The molecule has 2 aromatic heterocycles. The van der Waals surface area contributed by atoms with E-state index in [-0.39, 0.29) is 0 Å². The zero-order chi connectivity index (χ0) is 38.2. The molecule has 1 aliphatic carbocycles. The maximum atomic E-state index is 6.87. The Bertz CT molecular complexity index is 3340. The second-order valence-electron chi connectivity index (χ2n) is 15.2. The number of hydrogen-bond donors (Lipinski definition) is 0. The molecular formula is C55H35NO2. The lowest BCUT2D eigenvalue weighted by Crippen LogP contribution is -2.12. The van der Waals surface area contributed by atoms with Gasteiger partial charge in [-0.1, -0.05) is 152 Å². The number of hydrogen-bond acceptors (Lipinski definition) is 3. The van der Waals surface area contributed by atoms with Crippen molar-refractivity contribution in [2.45, 2.75) is 6.42 Å². The Balaban J connectivity index is 1.02. The van der Waals surface area contributed by atoms with Gasteiger partial charge in [-0.15, -0.1) is 0 Å². The lowest BCUT2D eigenvalue weighted by Gasteiger charge is -2.28. The van der Waals surface area contributed by atoms with Gasteiger partial charge in [0.15, 0.2) is 0 Å². The summed E-state index contributed by atoms with van der Waals surface area (Å²) in [5, 5.41) is 4.28. The fourth-order valence-electron chi connectivity index (χ4n) is 9.29. The lowest BCUT2D eigenvalue weighted by atomic mass is 9.94. The van der Waals surface area contributed by atoms with E-state index >= 15 is 0 Å². The zero-order valence-electron chi connectivity index (χ0n) is 31.5. The van der Waals surface area contributed by atoms with Crippen molar-refractivity contribution in [3.63, 3.8) is 0 Å². The fourth-order valence-corrected chi connectivity index (χ4v) is 9.29. The molecule has 0 fully saturated rings. The van der Waals surface area contributed by atoms with Crippen LogP contribution in [0.2, 0.25) is 0 Å². The molecule has 3 nitrogen and oxygen atoms in total. The summed E-state index contributed by atoms with van der Waals surface area (Å²) in [6.45, 7) is 0. The Labute approximate surface area is 335 Å². The molecule has 12 rings (SSSR count). The Morgan fingerprint density at radius 2 is 0.983 bits per heavy atom. The van der Waals surface area contributed by atoms with Crippen LogP contribution in [0.5, 0.6) is 0 Å². The quantitative estimate of drug-likeness (QED) is 0.170. The summed E-state index contributed by atoms with van der Waals surface area (Å²) in [5.41, 5.74) is 19.0. The molecule has 9 aromatic carbocycles. The van der Waals surface area contributed by atoms with Crippen LogP contribution in [0.25, 0.3) is 88.4 Å². The van der Waals surface area contributed by atoms with Crippen LogP contribution in [-0.2, 0) is 6.42 Å². The van der Waals surface area contributed by atoms with E-state index in [0.29, 0.717) is 0 Å². The first-order valence-electron chi connectivity index (χ1n) is 19.9. The van der Waals surface area contributed by atoms with E-state index in [4.69, 9.17) is 8.83 Å². The average molecular weight is 742 g/mol. The van der Waals surface area contributed by atoms with Crippen molar-refractivity contribution in [1.82, 2.24) is 0 Å². The van der Waals surface area contributed by atoms with Gasteiger partial charge < -0.3 is 13.7 Å². The second kappa shape index (κ2) is 13.0. The Morgan fingerprint density at radius 3 is 1.78 bits per heavy atom. The predicted molar refractivity (Wildman–Crippen MR) is 240 cm³/mol. The van der Waals surface area contributed by atoms with E-state index in [1.54, 1.807) is 0 Å². The number of benzene rings is 9. The average Bonchev–Trinajstić information content (AvgIpc) is 3.98. The summed E-state index contributed by atoms with van der Waals surface area (Å²) in [6.07, 6.45) is 0.900. The summed E-state index contributed by atoms with van der Waals surface area (Å²) in [6, 6.07) is 71.5. The van der Waals surface area contributed by atoms with Crippen LogP contribution in [0.3, 0.4) is 0 Å². The smallest absolute Gasteiger partial charge is 0.144 e. The highest BCUT2D eigenvalue weighted by molar-refractivity contribution is 6.25. The SMILES string of the molecule is c1ccc(-c2ccc(N(c3ccc(-c4cccc5oc6c(-c7ccccc7)c7c(cc6c45)oc4ccccc47)cc3)c3cccc4c3Cc3ccccc3-4)cc2)cc1. The molecule has 11 aromatic rings. The summed E-state index contributed by atoms with van der Waals surface area (Å²) >= 11 is 0. The van der Waals surface area contributed by atoms with E-state index in [1.165, 1.54) is 39.1 Å². The molecule has 3 heteroatoms. The van der Waals surface area contributed by atoms with Crippen molar-refractivity contribution in [3.8, 4) is 44.5 Å². The van der Waals surface area contributed by atoms with Crippen LogP contribution in [-0.4, -0.2) is 0 Å². The molecular weight excluding hydrogens is 707 g/mol. The molecule has 58 heavy (non-hydrogen) atoms. The van der Waals surface area contributed by atoms with Gasteiger partial charge in [0, 0.05) is 44.9 Å². The molecule has 0 bridgehead atoms. The minimum Gasteiger partial charge on any atom is -0.456 e. The molecule has 1 aliphatic rings. The molecule has 0 spiro atoms. The Kier molecular flexibility index (Phi) is 7.29. The first-order valence-corrected chi connectivity index (χ1v) is 19.9. The van der Waals surface area contributed by atoms with Crippen LogP contribution in [0.4, 0.5) is 17.1 Å². The van der Waals surface area contributed by atoms with Gasteiger partial charge >= 0.3 is 0 Å². The van der Waals surface area contributed by atoms with Gasteiger partial charge in [0.05, 0.1) is 5.69 Å². The summed E-state index contributed by atoms with van der Waals surface area (Å²) in [4.78, 5) is 2.42. The van der Waals surface area contributed by atoms with Crippen molar-refractivity contribution in [3.05, 3.63) is 211 Å². The molecule has 0 unspecified atom stereocenters. The van der Waals surface area contributed by atoms with E-state index < -0.39 is 0 Å². The van der Waals surface area contributed by atoms with Crippen LogP contribution in [0.1, 0.15) is 11.1 Å². The third kappa shape index (κ3) is 5.07. The highest BCUT2D eigenvalue weighted by atomic mass is 16.3. The number of fused-ring (bicyclic) bond motifs is 9. The maximum absolute atomic E-state index is 6.87. The fraction of sp³-hybridized carbons (Fsp3) is 0.0182. The Morgan fingerprint density at radius 1 is 0.379 bits per heavy atom. The summed E-state index contributed by atoms with van der Waals surface area (Å²) < 4.78 is 13.4. The van der Waals surface area contributed by atoms with Crippen LogP contribution in [0.15, 0.2) is 209 Å². The van der Waals surface area contributed by atoms with E-state index in [1.807, 2.05) is 12.1 Å². The number of anilines is 3. The van der Waals surface area contributed by atoms with Crippen LogP contribution in [0, 0.1) is 0 Å². The molecule has 0 saturated heterocycles. The number of para-hydroxylation sites is 1. The molecule has 2 heterocycles. The third-order valence-electron chi connectivity index (χ3n) is 11.9. The van der Waals surface area contributed by atoms with E-state index in [9.17, 15) is 0 Å². The molecule has 0 saturated carbocycles. The van der Waals surface area contributed by atoms with Crippen LogP contribution >= 0.6 is 0 Å². The largest absolute Gasteiger partial charge is 0.456 e. The summed E-state index contributed by atoms with van der Waals surface area (Å²) in [5.74, 6) is 0. The molecule has 0 N–H and O–H groups in total. The van der Waals surface area contributed by atoms with E-state index in [2.05, 4.69) is 193 Å². The molecule has 0 atom stereocenters. The highest BCUT2D eigenvalue weighted by Gasteiger charge is 2.26. The van der Waals surface area contributed by atoms with Gasteiger partial charge in [0.2, 0.25) is 0 Å². The second-order valence-corrected chi connectivity index (χ2v) is 15.2. The lowest BCUT2D eigenvalue weighted by molar-refractivity contribution is 0.664. The molecule has 0 aliphatic heterocycles. The minimum absolute atomic E-state index is 0.852. The normalized spacial score (nSPS) is 12.1. The van der Waals surface area contributed by atoms with Crippen molar-refractivity contribution in [2.24, 2.45) is 0 Å². The Hall–Kier alpha value is -7.62. The van der Waals surface area contributed by atoms with Gasteiger partial charge in [0.25, 0.3) is 0 Å². The van der Waals surface area contributed by atoms with Gasteiger partial charge in [0.1, 0.15) is 22.3 Å². The summed E-state index contributed by atoms with van der Waals surface area (Å²) in [7, 11) is 0. The monoisotopic (exact) mass is 741 g/mol. The molecule has 272 valence electrons. The maximum Gasteiger partial charge on any atom is 0.144 e. The molecule has 0 radical (unpaired) electrons. The van der Waals surface area contributed by atoms with Gasteiger partial charge in [-0.25, -0.2) is 0 Å². The number of nitrogens with zero attached hydrogens (tertiary/aromatic N) is 1. The number of furan rings is 2. The van der Waals surface area contributed by atoms with E-state index in [0.717, 1.165) is 83.9 Å². The predicted octanol–water partition coefficient (Wildman–Crippen LogP) is 15.5. The third-order valence-corrected chi connectivity index (χ3v) is 11.9. The highest BCUT2D eigenvalue weighted by Crippen LogP contribution is 2.49. The first-order chi connectivity index (χ1) is 28.8.